The fourth-order valence-corrected chi connectivity index (χ4v) is 3.13. The molecule has 0 aliphatic carbocycles. The van der Waals surface area contributed by atoms with Crippen LogP contribution in [0.4, 0.5) is 0 Å². The van der Waals surface area contributed by atoms with Crippen LogP contribution in [0, 0.1) is 6.92 Å². The van der Waals surface area contributed by atoms with Gasteiger partial charge >= 0.3 is 0 Å². The van der Waals surface area contributed by atoms with Crippen LogP contribution >= 0.6 is 0 Å². The summed E-state index contributed by atoms with van der Waals surface area (Å²) in [5.74, 6) is -0.523. The standard InChI is InChI=1S/C23H27N3O3/c1-3-13-24-22(27)20(14-17-7-5-4-6-8-17)25-23(28)21-15-19(26-29-21)18-11-9-16(2)10-12-18/h4-12,20-21H,3,13-15H2,1-2H3,(H,24,27)(H,25,28)/t20-,21+/m0/s1. The number of oxime groups is 1. The molecule has 2 amide bonds. The quantitative estimate of drug-likeness (QED) is 0.724. The topological polar surface area (TPSA) is 79.8 Å². The second-order valence-corrected chi connectivity index (χ2v) is 7.24. The van der Waals surface area contributed by atoms with E-state index in [9.17, 15) is 9.59 Å². The molecule has 0 bridgehead atoms. The van der Waals surface area contributed by atoms with Crippen LogP contribution in [-0.4, -0.2) is 36.2 Å². The lowest BCUT2D eigenvalue weighted by molar-refractivity contribution is -0.135. The Kier molecular flexibility index (Phi) is 7.00. The van der Waals surface area contributed by atoms with Crippen molar-refractivity contribution in [2.75, 3.05) is 6.54 Å². The Morgan fingerprint density at radius 1 is 1.14 bits per heavy atom. The van der Waals surface area contributed by atoms with Crippen LogP contribution < -0.4 is 10.6 Å². The zero-order valence-corrected chi connectivity index (χ0v) is 16.9. The van der Waals surface area contributed by atoms with Gasteiger partial charge in [-0.05, 0) is 24.5 Å². The Morgan fingerprint density at radius 3 is 2.55 bits per heavy atom. The highest BCUT2D eigenvalue weighted by atomic mass is 16.6. The smallest absolute Gasteiger partial charge is 0.265 e. The van der Waals surface area contributed by atoms with Gasteiger partial charge in [-0.15, -0.1) is 0 Å². The SMILES string of the molecule is CCCNC(=O)[C@H](Cc1ccccc1)NC(=O)[C@H]1CC(c2ccc(C)cc2)=NO1. The summed E-state index contributed by atoms with van der Waals surface area (Å²) in [6.45, 7) is 4.57. The normalized spacial score (nSPS) is 16.5. The molecular weight excluding hydrogens is 366 g/mol. The summed E-state index contributed by atoms with van der Waals surface area (Å²) in [5, 5.41) is 9.79. The first-order valence-electron chi connectivity index (χ1n) is 9.98. The van der Waals surface area contributed by atoms with Crippen molar-refractivity contribution in [2.45, 2.75) is 45.3 Å². The summed E-state index contributed by atoms with van der Waals surface area (Å²) in [5.41, 5.74) is 3.81. The second-order valence-electron chi connectivity index (χ2n) is 7.24. The van der Waals surface area contributed by atoms with Gasteiger partial charge in [0.05, 0.1) is 5.71 Å². The maximum absolute atomic E-state index is 12.8. The minimum absolute atomic E-state index is 0.193. The number of hydrogen-bond acceptors (Lipinski definition) is 4. The van der Waals surface area contributed by atoms with Gasteiger partial charge in [0.15, 0.2) is 0 Å². The van der Waals surface area contributed by atoms with E-state index in [0.29, 0.717) is 19.4 Å². The molecule has 6 heteroatoms. The molecule has 3 rings (SSSR count). The molecule has 29 heavy (non-hydrogen) atoms. The number of amides is 2. The van der Waals surface area contributed by atoms with Crippen LogP contribution in [0.3, 0.4) is 0 Å². The zero-order valence-electron chi connectivity index (χ0n) is 16.9. The van der Waals surface area contributed by atoms with Crippen LogP contribution in [0.2, 0.25) is 0 Å². The van der Waals surface area contributed by atoms with Gasteiger partial charge in [0.2, 0.25) is 12.0 Å². The van der Waals surface area contributed by atoms with Crippen molar-refractivity contribution >= 4 is 17.5 Å². The molecule has 0 unspecified atom stereocenters. The van der Waals surface area contributed by atoms with E-state index in [2.05, 4.69) is 15.8 Å². The third-order valence-corrected chi connectivity index (χ3v) is 4.81. The van der Waals surface area contributed by atoms with Gasteiger partial charge in [-0.1, -0.05) is 72.2 Å². The van der Waals surface area contributed by atoms with Gasteiger partial charge in [0.1, 0.15) is 6.04 Å². The monoisotopic (exact) mass is 393 g/mol. The van der Waals surface area contributed by atoms with E-state index >= 15 is 0 Å². The third kappa shape index (κ3) is 5.67. The Morgan fingerprint density at radius 2 is 1.86 bits per heavy atom. The highest BCUT2D eigenvalue weighted by Crippen LogP contribution is 2.18. The van der Waals surface area contributed by atoms with Crippen molar-refractivity contribution in [3.63, 3.8) is 0 Å². The molecule has 0 fully saturated rings. The Bertz CT molecular complexity index is 863. The average Bonchev–Trinajstić information content (AvgIpc) is 3.23. The van der Waals surface area contributed by atoms with Crippen molar-refractivity contribution in [1.82, 2.24) is 10.6 Å². The zero-order chi connectivity index (χ0) is 20.6. The lowest BCUT2D eigenvalue weighted by atomic mass is 10.0. The van der Waals surface area contributed by atoms with Gasteiger partial charge < -0.3 is 15.5 Å². The largest absolute Gasteiger partial charge is 0.382 e. The number of rotatable bonds is 8. The van der Waals surface area contributed by atoms with Crippen LogP contribution in [0.1, 0.15) is 36.5 Å². The first-order chi connectivity index (χ1) is 14.1. The van der Waals surface area contributed by atoms with E-state index in [-0.39, 0.29) is 11.8 Å². The molecule has 1 aliphatic rings. The molecule has 2 N–H and O–H groups in total. The molecule has 0 saturated carbocycles. The number of hydrogen-bond donors (Lipinski definition) is 2. The van der Waals surface area contributed by atoms with E-state index in [1.165, 1.54) is 0 Å². The van der Waals surface area contributed by atoms with Gasteiger partial charge in [-0.25, -0.2) is 0 Å². The predicted octanol–water partition coefficient (Wildman–Crippen LogP) is 2.74. The Labute approximate surface area is 171 Å². The number of aryl methyl sites for hydroxylation is 1. The van der Waals surface area contributed by atoms with Gasteiger partial charge in [-0.3, -0.25) is 9.59 Å². The minimum Gasteiger partial charge on any atom is -0.382 e. The van der Waals surface area contributed by atoms with E-state index < -0.39 is 12.1 Å². The van der Waals surface area contributed by atoms with E-state index in [4.69, 9.17) is 4.84 Å². The first kappa shape index (κ1) is 20.6. The van der Waals surface area contributed by atoms with Gasteiger partial charge in [-0.2, -0.15) is 0 Å². The van der Waals surface area contributed by atoms with Crippen molar-refractivity contribution in [2.24, 2.45) is 5.16 Å². The molecule has 0 radical (unpaired) electrons. The van der Waals surface area contributed by atoms with Crippen LogP contribution in [-0.2, 0) is 20.8 Å². The van der Waals surface area contributed by atoms with Crippen LogP contribution in [0.15, 0.2) is 59.8 Å². The lowest BCUT2D eigenvalue weighted by Crippen LogP contribution is -2.51. The van der Waals surface area contributed by atoms with E-state index in [1.807, 2.05) is 68.4 Å². The van der Waals surface area contributed by atoms with Crippen LogP contribution in [0.5, 0.6) is 0 Å². The van der Waals surface area contributed by atoms with Crippen molar-refractivity contribution < 1.29 is 14.4 Å². The maximum Gasteiger partial charge on any atom is 0.265 e. The maximum atomic E-state index is 12.8. The number of carbonyl (C=O) groups excluding carboxylic acids is 2. The van der Waals surface area contributed by atoms with E-state index in [1.54, 1.807) is 0 Å². The summed E-state index contributed by atoms with van der Waals surface area (Å²) < 4.78 is 0. The molecule has 2 aromatic rings. The first-order valence-corrected chi connectivity index (χ1v) is 9.98. The highest BCUT2D eigenvalue weighted by molar-refractivity contribution is 6.04. The molecule has 152 valence electrons. The summed E-state index contributed by atoms with van der Waals surface area (Å²) in [7, 11) is 0. The summed E-state index contributed by atoms with van der Waals surface area (Å²) in [4.78, 5) is 30.7. The predicted molar refractivity (Wildman–Crippen MR) is 113 cm³/mol. The highest BCUT2D eigenvalue weighted by Gasteiger charge is 2.32. The molecule has 0 saturated heterocycles. The molecule has 0 aromatic heterocycles. The van der Waals surface area contributed by atoms with E-state index in [0.717, 1.165) is 28.8 Å². The number of benzene rings is 2. The average molecular weight is 393 g/mol. The Balaban J connectivity index is 1.63. The van der Waals surface area contributed by atoms with Crippen LogP contribution in [0.25, 0.3) is 0 Å². The number of carbonyl (C=O) groups is 2. The summed E-state index contributed by atoms with van der Waals surface area (Å²) >= 11 is 0. The molecular formula is C23H27N3O3. The fraction of sp³-hybridized carbons (Fsp3) is 0.348. The lowest BCUT2D eigenvalue weighted by Gasteiger charge is -2.20. The fourth-order valence-electron chi connectivity index (χ4n) is 3.13. The van der Waals surface area contributed by atoms with Gasteiger partial charge in [0, 0.05) is 19.4 Å². The third-order valence-electron chi connectivity index (χ3n) is 4.81. The minimum atomic E-state index is -0.733. The molecule has 2 aromatic carbocycles. The molecule has 6 nitrogen and oxygen atoms in total. The number of nitrogens with zero attached hydrogens (tertiary/aromatic N) is 1. The Hall–Kier alpha value is -3.15. The molecule has 2 atom stereocenters. The van der Waals surface area contributed by atoms with Crippen molar-refractivity contribution in [1.29, 1.82) is 0 Å². The molecule has 0 spiro atoms. The van der Waals surface area contributed by atoms with Gasteiger partial charge in [0.25, 0.3) is 5.91 Å². The number of nitrogens with one attached hydrogen (secondary N) is 2. The van der Waals surface area contributed by atoms with Crippen molar-refractivity contribution in [3.05, 3.63) is 71.3 Å². The molecule has 1 heterocycles. The summed E-state index contributed by atoms with van der Waals surface area (Å²) in [6, 6.07) is 16.9. The summed E-state index contributed by atoms with van der Waals surface area (Å²) in [6.07, 6.45) is 0.893. The van der Waals surface area contributed by atoms with Crippen molar-refractivity contribution in [3.8, 4) is 0 Å². The molecule has 1 aliphatic heterocycles. The second kappa shape index (κ2) is 9.87.